The molecule has 2 aromatic rings. The number of nitrogens with two attached hydrogens (primary N) is 1. The number of ether oxygens (including phenoxy) is 2. The number of aliphatic hydroxyl groups excluding tert-OH is 1. The monoisotopic (exact) mass is 521 g/mol. The zero-order chi connectivity index (χ0) is 26.0. The molecule has 2 heterocycles. The van der Waals surface area contributed by atoms with E-state index in [1.165, 1.54) is 31.0 Å². The van der Waals surface area contributed by atoms with Crippen molar-refractivity contribution in [2.24, 2.45) is 10.7 Å². The number of hydrogen-bond donors (Lipinski definition) is 2. The molecule has 1 fully saturated rings. The molecule has 0 spiro atoms. The summed E-state index contributed by atoms with van der Waals surface area (Å²) < 4.78 is 51.5. The molecule has 1 unspecified atom stereocenters. The molecule has 4 rings (SSSR count). The van der Waals surface area contributed by atoms with Crippen molar-refractivity contribution in [2.75, 3.05) is 20.2 Å². The maximum atomic E-state index is 13.6. The number of hydrogen-bond acceptors (Lipinski definition) is 7. The van der Waals surface area contributed by atoms with E-state index in [2.05, 4.69) is 4.99 Å². The van der Waals surface area contributed by atoms with Crippen molar-refractivity contribution < 1.29 is 37.3 Å². The Morgan fingerprint density at radius 1 is 1.22 bits per heavy atom. The molecule has 190 valence electrons. The Morgan fingerprint density at radius 2 is 1.97 bits per heavy atom. The number of aliphatic imine (C=N–C) groups is 1. The number of thioether (sulfide) groups is 1. The van der Waals surface area contributed by atoms with Crippen molar-refractivity contribution in [2.45, 2.75) is 25.1 Å². The molecule has 0 radical (unpaired) electrons. The maximum absolute atomic E-state index is 13.6. The van der Waals surface area contributed by atoms with Gasteiger partial charge in [-0.15, -0.1) is 0 Å². The molecule has 8 nitrogen and oxygen atoms in total. The van der Waals surface area contributed by atoms with Crippen LogP contribution >= 0.6 is 11.8 Å². The van der Waals surface area contributed by atoms with Crippen LogP contribution in [0.15, 0.2) is 46.3 Å². The summed E-state index contributed by atoms with van der Waals surface area (Å²) in [6.45, 7) is 1.11. The Labute approximate surface area is 208 Å². The molecule has 0 saturated carbocycles. The Morgan fingerprint density at radius 3 is 2.64 bits per heavy atom. The van der Waals surface area contributed by atoms with Crippen molar-refractivity contribution in [3.05, 3.63) is 58.0 Å². The molecule has 0 aromatic heterocycles. The van der Waals surface area contributed by atoms with Crippen LogP contribution in [0.4, 0.5) is 13.2 Å². The summed E-state index contributed by atoms with van der Waals surface area (Å²) in [6, 6.07) is 7.28. The predicted molar refractivity (Wildman–Crippen MR) is 128 cm³/mol. The quantitative estimate of drug-likeness (QED) is 0.571. The van der Waals surface area contributed by atoms with Crippen LogP contribution in [0.5, 0.6) is 17.2 Å². The van der Waals surface area contributed by atoms with Gasteiger partial charge in [0.15, 0.2) is 16.7 Å². The fourth-order valence-corrected chi connectivity index (χ4v) is 4.73. The van der Waals surface area contributed by atoms with E-state index < -0.39 is 35.4 Å². The maximum Gasteiger partial charge on any atom is 0.420 e. The zero-order valence-electron chi connectivity index (χ0n) is 19.0. The molecule has 2 aromatic carbocycles. The number of amides is 2. The Bertz CT molecular complexity index is 1260. The second kappa shape index (κ2) is 10.2. The number of nitrogens with zero attached hydrogens (tertiary/aromatic N) is 2. The lowest BCUT2D eigenvalue weighted by atomic mass is 10.1. The Balaban J connectivity index is 1.56. The number of methoxy groups -OCH3 is 1. The average Bonchev–Trinajstić information content (AvgIpc) is 3.19. The van der Waals surface area contributed by atoms with Gasteiger partial charge in [0.25, 0.3) is 5.91 Å². The van der Waals surface area contributed by atoms with Crippen LogP contribution in [-0.2, 0) is 11.0 Å². The molecule has 2 amide bonds. The van der Waals surface area contributed by atoms with Gasteiger partial charge in [0.05, 0.1) is 23.7 Å². The summed E-state index contributed by atoms with van der Waals surface area (Å²) in [4.78, 5) is 30.1. The number of primary amides is 1. The van der Waals surface area contributed by atoms with Gasteiger partial charge in [-0.3, -0.25) is 9.59 Å². The van der Waals surface area contributed by atoms with Gasteiger partial charge in [-0.05, 0) is 66.6 Å². The number of carbonyl (C=O) groups is 2. The third-order valence-electron chi connectivity index (χ3n) is 5.55. The SMILES string of the molecule is COc1cc(C=C2SC(N3CCCC(O)C3)=NC2=O)ccc1Oc1ccc(C(N)=O)cc1C(F)(F)F. The highest BCUT2D eigenvalue weighted by molar-refractivity contribution is 8.18. The molecule has 0 bridgehead atoms. The standard InChI is InChI=1S/C24H22F3N3O5S/c1-34-19-9-13(10-20-22(33)29-23(36-20)30-8-2-3-15(31)12-30)4-6-18(19)35-17-7-5-14(21(28)32)11-16(17)24(25,26)27/h4-7,9-11,15,31H,2-3,8,12H2,1H3,(H2,28,32). The lowest BCUT2D eigenvalue weighted by Crippen LogP contribution is -2.40. The number of amidine groups is 1. The summed E-state index contributed by atoms with van der Waals surface area (Å²) >= 11 is 1.19. The molecule has 1 atom stereocenters. The molecule has 2 aliphatic rings. The van der Waals surface area contributed by atoms with Gasteiger partial charge in [0.1, 0.15) is 5.75 Å². The van der Waals surface area contributed by atoms with Crippen LogP contribution in [0.2, 0.25) is 0 Å². The lowest BCUT2D eigenvalue weighted by Gasteiger charge is -2.30. The highest BCUT2D eigenvalue weighted by Crippen LogP contribution is 2.41. The molecule has 1 saturated heterocycles. The molecular weight excluding hydrogens is 499 g/mol. The first-order valence-electron chi connectivity index (χ1n) is 10.9. The van der Waals surface area contributed by atoms with Crippen molar-refractivity contribution >= 4 is 34.8 Å². The summed E-state index contributed by atoms with van der Waals surface area (Å²) in [7, 11) is 1.33. The minimum Gasteiger partial charge on any atom is -0.493 e. The summed E-state index contributed by atoms with van der Waals surface area (Å²) in [5.41, 5.74) is 4.19. The Hall–Kier alpha value is -3.51. The molecule has 12 heteroatoms. The van der Waals surface area contributed by atoms with Gasteiger partial charge in [0, 0.05) is 18.7 Å². The number of benzene rings is 2. The number of rotatable bonds is 5. The third-order valence-corrected chi connectivity index (χ3v) is 6.60. The average molecular weight is 522 g/mol. The van der Waals surface area contributed by atoms with Gasteiger partial charge >= 0.3 is 6.18 Å². The van der Waals surface area contributed by atoms with E-state index in [4.69, 9.17) is 15.2 Å². The summed E-state index contributed by atoms with van der Waals surface area (Å²) in [6.07, 6.45) is -2.15. The first-order valence-corrected chi connectivity index (χ1v) is 11.7. The van der Waals surface area contributed by atoms with E-state index in [1.807, 2.05) is 4.90 Å². The molecular formula is C24H22F3N3O5S. The second-order valence-corrected chi connectivity index (χ2v) is 9.15. The van der Waals surface area contributed by atoms with Gasteiger partial charge in [-0.25, -0.2) is 0 Å². The molecule has 36 heavy (non-hydrogen) atoms. The van der Waals surface area contributed by atoms with Crippen LogP contribution in [-0.4, -0.2) is 53.3 Å². The number of piperidine rings is 1. The van der Waals surface area contributed by atoms with E-state index in [0.717, 1.165) is 18.6 Å². The highest BCUT2D eigenvalue weighted by atomic mass is 32.2. The number of alkyl halides is 3. The number of β-amino-alcohol motifs (C(OH)–C–C–N with tert-alkyl or cyclic N) is 1. The Kier molecular flexibility index (Phi) is 7.27. The molecule has 3 N–H and O–H groups in total. The first-order chi connectivity index (χ1) is 17.0. The van der Waals surface area contributed by atoms with Crippen LogP contribution in [0.1, 0.15) is 34.3 Å². The second-order valence-electron chi connectivity index (χ2n) is 8.14. The topological polar surface area (TPSA) is 114 Å². The number of carbonyl (C=O) groups excluding carboxylic acids is 2. The lowest BCUT2D eigenvalue weighted by molar-refractivity contribution is -0.138. The minimum atomic E-state index is -4.79. The van der Waals surface area contributed by atoms with E-state index in [1.54, 1.807) is 12.1 Å². The highest BCUT2D eigenvalue weighted by Gasteiger charge is 2.35. The molecule has 0 aliphatic carbocycles. The van der Waals surface area contributed by atoms with Crippen molar-refractivity contribution in [1.82, 2.24) is 4.90 Å². The third kappa shape index (κ3) is 5.65. The number of halogens is 3. The van der Waals surface area contributed by atoms with Crippen LogP contribution in [0, 0.1) is 0 Å². The van der Waals surface area contributed by atoms with Gasteiger partial charge in [-0.1, -0.05) is 6.07 Å². The largest absolute Gasteiger partial charge is 0.493 e. The number of aliphatic hydroxyl groups is 1. The van der Waals surface area contributed by atoms with Gasteiger partial charge < -0.3 is 25.2 Å². The van der Waals surface area contributed by atoms with Crippen LogP contribution in [0.3, 0.4) is 0 Å². The van der Waals surface area contributed by atoms with E-state index in [9.17, 15) is 27.9 Å². The van der Waals surface area contributed by atoms with Crippen LogP contribution < -0.4 is 15.2 Å². The van der Waals surface area contributed by atoms with Crippen molar-refractivity contribution in [3.63, 3.8) is 0 Å². The van der Waals surface area contributed by atoms with Crippen LogP contribution in [0.25, 0.3) is 6.08 Å². The fourth-order valence-electron chi connectivity index (χ4n) is 3.78. The van der Waals surface area contributed by atoms with Gasteiger partial charge in [0.2, 0.25) is 5.91 Å². The summed E-state index contributed by atoms with van der Waals surface area (Å²) in [5.74, 6) is -1.81. The predicted octanol–water partition coefficient (Wildman–Crippen LogP) is 4.03. The number of likely N-dealkylation sites (tertiary alicyclic amines) is 1. The fraction of sp³-hybridized carbons (Fsp3) is 0.292. The first kappa shape index (κ1) is 25.6. The van der Waals surface area contributed by atoms with Gasteiger partial charge in [-0.2, -0.15) is 18.2 Å². The van der Waals surface area contributed by atoms with Crippen molar-refractivity contribution in [1.29, 1.82) is 0 Å². The smallest absolute Gasteiger partial charge is 0.420 e. The van der Waals surface area contributed by atoms with Crippen molar-refractivity contribution in [3.8, 4) is 17.2 Å². The van der Waals surface area contributed by atoms with E-state index in [-0.39, 0.29) is 17.1 Å². The summed E-state index contributed by atoms with van der Waals surface area (Å²) in [5, 5.41) is 10.4. The minimum absolute atomic E-state index is 0.00150. The zero-order valence-corrected chi connectivity index (χ0v) is 19.9. The van der Waals surface area contributed by atoms with E-state index in [0.29, 0.717) is 41.2 Å². The molecule has 2 aliphatic heterocycles. The normalized spacial score (nSPS) is 19.4. The van der Waals surface area contributed by atoms with E-state index >= 15 is 0 Å².